The van der Waals surface area contributed by atoms with Crippen molar-refractivity contribution in [1.82, 2.24) is 19.8 Å². The molecule has 0 spiro atoms. The van der Waals surface area contributed by atoms with Crippen molar-refractivity contribution >= 4 is 21.8 Å². The van der Waals surface area contributed by atoms with Gasteiger partial charge in [0.25, 0.3) is 0 Å². The zero-order valence-electron chi connectivity index (χ0n) is 19.1. The van der Waals surface area contributed by atoms with Crippen LogP contribution in [0.4, 0.5) is 0 Å². The van der Waals surface area contributed by atoms with Gasteiger partial charge in [-0.2, -0.15) is 0 Å². The first kappa shape index (κ1) is 21.5. The number of fused-ring (bicyclic) bond motifs is 3. The SMILES string of the molecule is Cc1nc(CNCCCN(C)C)cc2c3ccccc3n(CCCc3ccccc3)c12. The van der Waals surface area contributed by atoms with Crippen molar-refractivity contribution in [2.75, 3.05) is 27.2 Å². The third kappa shape index (κ3) is 5.15. The summed E-state index contributed by atoms with van der Waals surface area (Å²) in [6.45, 7) is 6.10. The monoisotopic (exact) mass is 414 g/mol. The van der Waals surface area contributed by atoms with E-state index < -0.39 is 0 Å². The van der Waals surface area contributed by atoms with E-state index in [1.807, 2.05) is 0 Å². The summed E-state index contributed by atoms with van der Waals surface area (Å²) < 4.78 is 2.48. The van der Waals surface area contributed by atoms with Crippen molar-refractivity contribution in [3.05, 3.63) is 77.6 Å². The Labute approximate surface area is 185 Å². The first-order valence-corrected chi connectivity index (χ1v) is 11.4. The Bertz CT molecular complexity index is 1130. The molecule has 0 aliphatic rings. The minimum absolute atomic E-state index is 0.817. The second-order valence-corrected chi connectivity index (χ2v) is 8.69. The lowest BCUT2D eigenvalue weighted by molar-refractivity contribution is 0.394. The van der Waals surface area contributed by atoms with Crippen LogP contribution in [0.25, 0.3) is 21.8 Å². The Balaban J connectivity index is 1.56. The highest BCUT2D eigenvalue weighted by Crippen LogP contribution is 2.31. The zero-order chi connectivity index (χ0) is 21.6. The smallest absolute Gasteiger partial charge is 0.0707 e. The second kappa shape index (κ2) is 10.1. The highest BCUT2D eigenvalue weighted by atomic mass is 15.1. The lowest BCUT2D eigenvalue weighted by Gasteiger charge is -2.11. The highest BCUT2D eigenvalue weighted by molar-refractivity contribution is 6.08. The molecule has 4 heteroatoms. The molecule has 2 heterocycles. The molecule has 4 rings (SSSR count). The number of para-hydroxylation sites is 1. The van der Waals surface area contributed by atoms with Gasteiger partial charge in [-0.3, -0.25) is 4.98 Å². The topological polar surface area (TPSA) is 33.1 Å². The van der Waals surface area contributed by atoms with Crippen molar-refractivity contribution in [2.24, 2.45) is 0 Å². The third-order valence-electron chi connectivity index (χ3n) is 5.93. The maximum Gasteiger partial charge on any atom is 0.0707 e. The van der Waals surface area contributed by atoms with E-state index >= 15 is 0 Å². The maximum absolute atomic E-state index is 4.96. The normalized spacial score (nSPS) is 11.7. The molecule has 162 valence electrons. The van der Waals surface area contributed by atoms with Gasteiger partial charge in [0.1, 0.15) is 0 Å². The maximum atomic E-state index is 4.96. The Morgan fingerprint density at radius 1 is 0.935 bits per heavy atom. The number of pyridine rings is 1. The zero-order valence-corrected chi connectivity index (χ0v) is 19.1. The van der Waals surface area contributed by atoms with E-state index in [-0.39, 0.29) is 0 Å². The minimum Gasteiger partial charge on any atom is -0.339 e. The van der Waals surface area contributed by atoms with E-state index in [0.29, 0.717) is 0 Å². The minimum atomic E-state index is 0.817. The van der Waals surface area contributed by atoms with Gasteiger partial charge in [-0.25, -0.2) is 0 Å². The molecule has 0 aliphatic heterocycles. The fourth-order valence-corrected chi connectivity index (χ4v) is 4.48. The summed E-state index contributed by atoms with van der Waals surface area (Å²) in [5.41, 5.74) is 6.25. The first-order valence-electron chi connectivity index (χ1n) is 11.4. The molecule has 2 aromatic heterocycles. The van der Waals surface area contributed by atoms with Crippen LogP contribution in [0.3, 0.4) is 0 Å². The molecular weight excluding hydrogens is 380 g/mol. The van der Waals surface area contributed by atoms with Crippen LogP contribution in [-0.2, 0) is 19.5 Å². The number of nitrogens with zero attached hydrogens (tertiary/aromatic N) is 3. The number of nitrogens with one attached hydrogen (secondary N) is 1. The van der Waals surface area contributed by atoms with Gasteiger partial charge in [-0.1, -0.05) is 48.5 Å². The summed E-state index contributed by atoms with van der Waals surface area (Å²) in [5, 5.41) is 6.22. The molecule has 0 saturated carbocycles. The van der Waals surface area contributed by atoms with Crippen LogP contribution in [0, 0.1) is 6.92 Å². The molecule has 0 atom stereocenters. The molecule has 0 aliphatic carbocycles. The van der Waals surface area contributed by atoms with Crippen LogP contribution in [0.2, 0.25) is 0 Å². The number of hydrogen-bond donors (Lipinski definition) is 1. The fourth-order valence-electron chi connectivity index (χ4n) is 4.48. The van der Waals surface area contributed by atoms with Crippen LogP contribution < -0.4 is 5.32 Å². The largest absolute Gasteiger partial charge is 0.339 e. The third-order valence-corrected chi connectivity index (χ3v) is 5.93. The predicted octanol–water partition coefficient (Wildman–Crippen LogP) is 5.17. The van der Waals surface area contributed by atoms with Crippen LogP contribution >= 0.6 is 0 Å². The van der Waals surface area contributed by atoms with Crippen molar-refractivity contribution in [1.29, 1.82) is 0 Å². The lowest BCUT2D eigenvalue weighted by Crippen LogP contribution is -2.21. The fraction of sp³-hybridized carbons (Fsp3) is 0.370. The standard InChI is InChI=1S/C27H34N4/c1-21-27-25(19-23(29-21)20-28-16-10-17-30(2)3)24-14-7-8-15-26(24)31(27)18-9-13-22-11-5-4-6-12-22/h4-8,11-12,14-15,19,28H,9-10,13,16-18,20H2,1-3H3. The molecule has 0 radical (unpaired) electrons. The first-order chi connectivity index (χ1) is 15.1. The van der Waals surface area contributed by atoms with E-state index in [9.17, 15) is 0 Å². The summed E-state index contributed by atoms with van der Waals surface area (Å²) >= 11 is 0. The van der Waals surface area contributed by atoms with Gasteiger partial charge in [0, 0.05) is 29.4 Å². The molecular formula is C27H34N4. The van der Waals surface area contributed by atoms with Crippen LogP contribution in [0.1, 0.15) is 29.8 Å². The molecule has 0 amide bonds. The molecule has 0 fully saturated rings. The Morgan fingerprint density at radius 2 is 1.71 bits per heavy atom. The van der Waals surface area contributed by atoms with Crippen molar-refractivity contribution in [3.8, 4) is 0 Å². The van der Waals surface area contributed by atoms with Crippen LogP contribution in [-0.4, -0.2) is 41.6 Å². The summed E-state index contributed by atoms with van der Waals surface area (Å²) in [6.07, 6.45) is 3.36. The molecule has 0 saturated heterocycles. The molecule has 2 aromatic carbocycles. The average molecular weight is 415 g/mol. The predicted molar refractivity (Wildman–Crippen MR) is 132 cm³/mol. The molecule has 4 aromatic rings. The van der Waals surface area contributed by atoms with Gasteiger partial charge < -0.3 is 14.8 Å². The average Bonchev–Trinajstić information content (AvgIpc) is 3.08. The van der Waals surface area contributed by atoms with Gasteiger partial charge in [0.05, 0.1) is 16.9 Å². The summed E-state index contributed by atoms with van der Waals surface area (Å²) in [5.74, 6) is 0. The van der Waals surface area contributed by atoms with Gasteiger partial charge in [-0.05, 0) is 71.1 Å². The van der Waals surface area contributed by atoms with E-state index in [0.717, 1.165) is 56.8 Å². The number of hydrogen-bond acceptors (Lipinski definition) is 3. The Morgan fingerprint density at radius 3 is 2.52 bits per heavy atom. The molecule has 31 heavy (non-hydrogen) atoms. The molecule has 0 bridgehead atoms. The van der Waals surface area contributed by atoms with E-state index in [1.54, 1.807) is 0 Å². The van der Waals surface area contributed by atoms with Gasteiger partial charge in [-0.15, -0.1) is 0 Å². The number of aryl methyl sites for hydroxylation is 3. The van der Waals surface area contributed by atoms with Gasteiger partial charge in [0.15, 0.2) is 0 Å². The van der Waals surface area contributed by atoms with E-state index in [1.165, 1.54) is 27.4 Å². The van der Waals surface area contributed by atoms with Crippen LogP contribution in [0.5, 0.6) is 0 Å². The summed E-state index contributed by atoms with van der Waals surface area (Å²) in [6, 6.07) is 21.8. The summed E-state index contributed by atoms with van der Waals surface area (Å²) in [4.78, 5) is 7.19. The highest BCUT2D eigenvalue weighted by Gasteiger charge is 2.14. The number of rotatable bonds is 10. The van der Waals surface area contributed by atoms with Crippen molar-refractivity contribution in [2.45, 2.75) is 39.3 Å². The van der Waals surface area contributed by atoms with Gasteiger partial charge >= 0.3 is 0 Å². The van der Waals surface area contributed by atoms with E-state index in [2.05, 4.69) is 96.5 Å². The Hall–Kier alpha value is -2.69. The lowest BCUT2D eigenvalue weighted by atomic mass is 10.1. The molecule has 1 N–H and O–H groups in total. The van der Waals surface area contributed by atoms with Gasteiger partial charge in [0.2, 0.25) is 0 Å². The van der Waals surface area contributed by atoms with Crippen LogP contribution in [0.15, 0.2) is 60.7 Å². The second-order valence-electron chi connectivity index (χ2n) is 8.69. The number of aromatic nitrogens is 2. The van der Waals surface area contributed by atoms with E-state index in [4.69, 9.17) is 4.98 Å². The van der Waals surface area contributed by atoms with Crippen molar-refractivity contribution < 1.29 is 0 Å². The quantitative estimate of drug-likeness (QED) is 0.363. The number of benzene rings is 2. The molecule has 4 nitrogen and oxygen atoms in total. The Kier molecular flexibility index (Phi) is 7.00. The van der Waals surface area contributed by atoms with Crippen molar-refractivity contribution in [3.63, 3.8) is 0 Å². The molecule has 0 unspecified atom stereocenters. The summed E-state index contributed by atoms with van der Waals surface area (Å²) in [7, 11) is 4.24.